The van der Waals surface area contributed by atoms with E-state index in [4.69, 9.17) is 14.5 Å². The van der Waals surface area contributed by atoms with Crippen LogP contribution >= 0.6 is 22.7 Å². The zero-order chi connectivity index (χ0) is 24.2. The maximum atomic E-state index is 12.8. The summed E-state index contributed by atoms with van der Waals surface area (Å²) >= 11 is 3.12. The fourth-order valence-electron chi connectivity index (χ4n) is 4.03. The zero-order valence-corrected chi connectivity index (χ0v) is 20.9. The van der Waals surface area contributed by atoms with E-state index in [-0.39, 0.29) is 25.0 Å². The van der Waals surface area contributed by atoms with Gasteiger partial charge in [0.1, 0.15) is 15.8 Å². The molecule has 4 aromatic rings. The van der Waals surface area contributed by atoms with Gasteiger partial charge in [0, 0.05) is 17.0 Å². The molecule has 0 bridgehead atoms. The predicted molar refractivity (Wildman–Crippen MR) is 139 cm³/mol. The number of thiazole rings is 1. The van der Waals surface area contributed by atoms with E-state index >= 15 is 0 Å². The van der Waals surface area contributed by atoms with Crippen molar-refractivity contribution in [3.05, 3.63) is 65.0 Å². The topological polar surface area (TPSA) is 80.8 Å². The molecule has 1 aliphatic heterocycles. The molecule has 1 N–H and O–H groups in total. The molecule has 2 aromatic heterocycles. The molecule has 0 atom stereocenters. The summed E-state index contributed by atoms with van der Waals surface area (Å²) in [5, 5.41) is 4.74. The van der Waals surface area contributed by atoms with Crippen LogP contribution in [-0.2, 0) is 22.5 Å². The lowest BCUT2D eigenvalue weighted by Gasteiger charge is -2.26. The molecule has 35 heavy (non-hydrogen) atoms. The number of hydrogen-bond donors (Lipinski definition) is 1. The fraction of sp³-hybridized carbons (Fsp3) is 0.269. The maximum Gasteiger partial charge on any atom is 0.410 e. The Hall–Kier alpha value is -3.43. The van der Waals surface area contributed by atoms with E-state index in [2.05, 4.69) is 11.4 Å². The first-order valence-corrected chi connectivity index (χ1v) is 13.2. The molecule has 7 nitrogen and oxygen atoms in total. The number of para-hydroxylation sites is 2. The number of aromatic nitrogens is 1. The van der Waals surface area contributed by atoms with Crippen LogP contribution < -0.4 is 10.1 Å². The maximum absolute atomic E-state index is 12.8. The van der Waals surface area contributed by atoms with Gasteiger partial charge in [-0.05, 0) is 43.2 Å². The van der Waals surface area contributed by atoms with E-state index in [1.807, 2.05) is 48.5 Å². The Morgan fingerprint density at radius 1 is 1.09 bits per heavy atom. The summed E-state index contributed by atoms with van der Waals surface area (Å²) in [5.74, 6) is 0.616. The first kappa shape index (κ1) is 23.3. The molecule has 0 fully saturated rings. The molecule has 3 heterocycles. The number of hydrogen-bond acceptors (Lipinski definition) is 7. The Labute approximate surface area is 211 Å². The Morgan fingerprint density at radius 3 is 2.69 bits per heavy atom. The molecular weight excluding hydrogens is 482 g/mol. The second kappa shape index (κ2) is 10.5. The number of carbonyl (C=O) groups is 2. The molecule has 180 valence electrons. The van der Waals surface area contributed by atoms with Crippen molar-refractivity contribution in [3.8, 4) is 16.3 Å². The number of rotatable bonds is 7. The Bertz CT molecular complexity index is 1320. The number of ether oxygens (including phenoxy) is 2. The lowest BCUT2D eigenvalue weighted by Crippen LogP contribution is -2.35. The number of benzene rings is 2. The summed E-state index contributed by atoms with van der Waals surface area (Å²) in [7, 11) is 0. The molecular formula is C26H25N3O4S2. The van der Waals surface area contributed by atoms with Crippen molar-refractivity contribution in [3.63, 3.8) is 0 Å². The highest BCUT2D eigenvalue weighted by Gasteiger charge is 2.30. The van der Waals surface area contributed by atoms with Gasteiger partial charge in [-0.1, -0.05) is 30.3 Å². The minimum atomic E-state index is -0.309. The van der Waals surface area contributed by atoms with Crippen LogP contribution in [0.25, 0.3) is 20.8 Å². The van der Waals surface area contributed by atoms with Crippen LogP contribution in [0, 0.1) is 0 Å². The normalized spacial score (nSPS) is 12.9. The van der Waals surface area contributed by atoms with Gasteiger partial charge in [0.15, 0.2) is 0 Å². The third kappa shape index (κ3) is 5.16. The van der Waals surface area contributed by atoms with E-state index in [0.29, 0.717) is 26.1 Å². The van der Waals surface area contributed by atoms with Crippen molar-refractivity contribution < 1.29 is 19.1 Å². The van der Waals surface area contributed by atoms with E-state index in [1.54, 1.807) is 23.2 Å². The van der Waals surface area contributed by atoms with Crippen molar-refractivity contribution >= 4 is 49.9 Å². The number of nitrogens with zero attached hydrogens (tertiary/aromatic N) is 2. The monoisotopic (exact) mass is 507 g/mol. The van der Waals surface area contributed by atoms with Gasteiger partial charge in [-0.15, -0.1) is 22.7 Å². The molecule has 5 rings (SSSR count). The van der Waals surface area contributed by atoms with Gasteiger partial charge in [0.2, 0.25) is 5.91 Å². The quantitative estimate of drug-likeness (QED) is 0.334. The molecule has 0 saturated carbocycles. The van der Waals surface area contributed by atoms with E-state index in [0.717, 1.165) is 42.0 Å². The van der Waals surface area contributed by atoms with Crippen LogP contribution in [0.3, 0.4) is 0 Å². The summed E-state index contributed by atoms with van der Waals surface area (Å²) in [6.07, 6.45) is 0.603. The highest BCUT2D eigenvalue weighted by molar-refractivity contribution is 7.22. The predicted octanol–water partition coefficient (Wildman–Crippen LogP) is 5.95. The third-order valence-electron chi connectivity index (χ3n) is 5.68. The van der Waals surface area contributed by atoms with Crippen LogP contribution in [0.5, 0.6) is 5.75 Å². The van der Waals surface area contributed by atoms with Crippen LogP contribution in [0.15, 0.2) is 54.6 Å². The molecule has 0 spiro atoms. The van der Waals surface area contributed by atoms with Gasteiger partial charge < -0.3 is 19.7 Å². The molecule has 0 unspecified atom stereocenters. The van der Waals surface area contributed by atoms with Gasteiger partial charge in [-0.2, -0.15) is 0 Å². The van der Waals surface area contributed by atoms with Crippen molar-refractivity contribution in [2.45, 2.75) is 26.3 Å². The van der Waals surface area contributed by atoms with Crippen molar-refractivity contribution in [1.29, 1.82) is 0 Å². The largest absolute Gasteiger partial charge is 0.493 e. The molecule has 2 amide bonds. The highest BCUT2D eigenvalue weighted by Crippen LogP contribution is 2.45. The SMILES string of the molecule is CCOC(=O)N1CCc2c(sc(NC(=O)CCOc3ccccc3)c2-c2nc3ccccc3s2)C1. The van der Waals surface area contributed by atoms with Gasteiger partial charge in [-0.3, -0.25) is 4.79 Å². The standard InChI is InChI=1S/C26H25N3O4S2/c1-2-32-26(31)29-14-12-18-21(16-29)35-25(23(18)24-27-19-10-6-7-11-20(19)34-24)28-22(30)13-15-33-17-8-4-3-5-9-17/h3-11H,2,12-16H2,1H3,(H,28,30). The summed E-state index contributed by atoms with van der Waals surface area (Å²) in [5.41, 5.74) is 3.04. The molecule has 0 saturated heterocycles. The first-order valence-electron chi connectivity index (χ1n) is 11.5. The second-order valence-electron chi connectivity index (χ2n) is 8.02. The highest BCUT2D eigenvalue weighted by atomic mass is 32.1. The number of nitrogens with one attached hydrogen (secondary N) is 1. The second-order valence-corrected chi connectivity index (χ2v) is 10.2. The Morgan fingerprint density at radius 2 is 1.89 bits per heavy atom. The van der Waals surface area contributed by atoms with Crippen molar-refractivity contribution in [2.75, 3.05) is 25.1 Å². The Balaban J connectivity index is 1.40. The molecule has 0 aliphatic carbocycles. The van der Waals surface area contributed by atoms with Crippen LogP contribution in [0.2, 0.25) is 0 Å². The van der Waals surface area contributed by atoms with Gasteiger partial charge in [0.25, 0.3) is 0 Å². The van der Waals surface area contributed by atoms with E-state index < -0.39 is 0 Å². The summed E-state index contributed by atoms with van der Waals surface area (Å²) in [4.78, 5) is 32.8. The number of amides is 2. The average Bonchev–Trinajstić information content (AvgIpc) is 3.44. The number of anilines is 1. The first-order chi connectivity index (χ1) is 17.1. The number of fused-ring (bicyclic) bond motifs is 2. The average molecular weight is 508 g/mol. The van der Waals surface area contributed by atoms with E-state index in [1.165, 1.54) is 11.3 Å². The molecule has 1 aliphatic rings. The summed E-state index contributed by atoms with van der Waals surface area (Å²) in [6.45, 7) is 3.46. The van der Waals surface area contributed by atoms with Crippen LogP contribution in [-0.4, -0.2) is 41.6 Å². The fourth-order valence-corrected chi connectivity index (χ4v) is 6.42. The zero-order valence-electron chi connectivity index (χ0n) is 19.3. The molecule has 2 aromatic carbocycles. The van der Waals surface area contributed by atoms with Gasteiger partial charge in [-0.25, -0.2) is 9.78 Å². The third-order valence-corrected chi connectivity index (χ3v) is 7.87. The minimum Gasteiger partial charge on any atom is -0.493 e. The van der Waals surface area contributed by atoms with Crippen LogP contribution in [0.4, 0.5) is 9.80 Å². The lowest BCUT2D eigenvalue weighted by molar-refractivity contribution is -0.116. The minimum absolute atomic E-state index is 0.121. The number of carbonyl (C=O) groups excluding carboxylic acids is 2. The molecule has 0 radical (unpaired) electrons. The van der Waals surface area contributed by atoms with E-state index in [9.17, 15) is 9.59 Å². The Kier molecular flexibility index (Phi) is 6.96. The van der Waals surface area contributed by atoms with Crippen LogP contribution in [0.1, 0.15) is 23.8 Å². The van der Waals surface area contributed by atoms with Gasteiger partial charge in [0.05, 0.1) is 36.4 Å². The van der Waals surface area contributed by atoms with Gasteiger partial charge >= 0.3 is 6.09 Å². The molecule has 9 heteroatoms. The lowest BCUT2D eigenvalue weighted by atomic mass is 10.0. The smallest absolute Gasteiger partial charge is 0.410 e. The van der Waals surface area contributed by atoms with Crippen molar-refractivity contribution in [2.24, 2.45) is 0 Å². The number of thiophene rings is 1. The summed E-state index contributed by atoms with van der Waals surface area (Å²) in [6, 6.07) is 17.5. The van der Waals surface area contributed by atoms with Crippen molar-refractivity contribution in [1.82, 2.24) is 9.88 Å². The summed E-state index contributed by atoms with van der Waals surface area (Å²) < 4.78 is 12.0.